The maximum Gasteiger partial charge on any atom is 0.127 e. The van der Waals surface area contributed by atoms with E-state index in [4.69, 9.17) is 23.2 Å². The number of likely N-dealkylation sites (N-methyl/N-ethyl adjacent to an activating group) is 1. The molecule has 1 unspecified atom stereocenters. The van der Waals surface area contributed by atoms with Gasteiger partial charge < -0.3 is 5.32 Å². The highest BCUT2D eigenvalue weighted by Crippen LogP contribution is 2.31. The molecule has 1 nitrogen and oxygen atoms in total. The maximum atomic E-state index is 13.7. The van der Waals surface area contributed by atoms with Crippen LogP contribution in [0.15, 0.2) is 30.3 Å². The van der Waals surface area contributed by atoms with Gasteiger partial charge in [0, 0.05) is 21.5 Å². The molecule has 0 aliphatic rings. The van der Waals surface area contributed by atoms with Crippen LogP contribution in [0, 0.1) is 5.82 Å². The van der Waals surface area contributed by atoms with Crippen molar-refractivity contribution in [3.05, 3.63) is 55.9 Å². The van der Waals surface area contributed by atoms with Crippen molar-refractivity contribution >= 4 is 34.5 Å². The van der Waals surface area contributed by atoms with Gasteiger partial charge in [-0.1, -0.05) is 29.3 Å². The van der Waals surface area contributed by atoms with Crippen LogP contribution in [0.25, 0.3) is 0 Å². The predicted molar refractivity (Wildman–Crippen MR) is 76.2 cm³/mol. The van der Waals surface area contributed by atoms with Crippen LogP contribution in [0.1, 0.15) is 16.5 Å². The van der Waals surface area contributed by atoms with Crippen molar-refractivity contribution in [2.45, 2.75) is 12.5 Å². The Kier molecular flexibility index (Phi) is 4.62. The second-order valence-corrected chi connectivity index (χ2v) is 6.04. The van der Waals surface area contributed by atoms with Crippen molar-refractivity contribution in [2.75, 3.05) is 7.05 Å². The van der Waals surface area contributed by atoms with E-state index in [0.29, 0.717) is 17.0 Å². The van der Waals surface area contributed by atoms with E-state index in [2.05, 4.69) is 5.32 Å². The van der Waals surface area contributed by atoms with Crippen molar-refractivity contribution in [2.24, 2.45) is 0 Å². The number of hydrogen-bond acceptors (Lipinski definition) is 2. The molecule has 1 atom stereocenters. The van der Waals surface area contributed by atoms with Crippen molar-refractivity contribution in [1.29, 1.82) is 0 Å². The van der Waals surface area contributed by atoms with Gasteiger partial charge in [-0.25, -0.2) is 4.39 Å². The zero-order chi connectivity index (χ0) is 13.1. The molecule has 0 aliphatic carbocycles. The van der Waals surface area contributed by atoms with E-state index in [1.165, 1.54) is 17.4 Å². The summed E-state index contributed by atoms with van der Waals surface area (Å²) in [5, 5.41) is 3.62. The van der Waals surface area contributed by atoms with Gasteiger partial charge in [0.15, 0.2) is 0 Å². The number of hydrogen-bond donors (Lipinski definition) is 1. The lowest BCUT2D eigenvalue weighted by Gasteiger charge is -2.16. The molecule has 1 heterocycles. The molecule has 0 aliphatic heterocycles. The summed E-state index contributed by atoms with van der Waals surface area (Å²) >= 11 is 13.4. The van der Waals surface area contributed by atoms with Gasteiger partial charge in [0.05, 0.1) is 4.34 Å². The number of halogens is 3. The molecule has 0 saturated heterocycles. The molecule has 2 aromatic rings. The van der Waals surface area contributed by atoms with Crippen LogP contribution in [-0.2, 0) is 6.42 Å². The normalized spacial score (nSPS) is 12.7. The Morgan fingerprint density at radius 2 is 2.06 bits per heavy atom. The summed E-state index contributed by atoms with van der Waals surface area (Å²) in [7, 11) is 1.84. The molecule has 0 saturated carbocycles. The minimum atomic E-state index is -0.273. The van der Waals surface area contributed by atoms with E-state index in [1.54, 1.807) is 12.1 Å². The Morgan fingerprint density at radius 1 is 1.28 bits per heavy atom. The maximum absolute atomic E-state index is 13.7. The van der Waals surface area contributed by atoms with Crippen LogP contribution in [0.3, 0.4) is 0 Å². The van der Waals surface area contributed by atoms with Crippen molar-refractivity contribution in [3.63, 3.8) is 0 Å². The predicted octanol–water partition coefficient (Wildman–Crippen LogP) is 4.70. The quantitative estimate of drug-likeness (QED) is 0.863. The number of nitrogens with one attached hydrogen (secondary N) is 1. The molecule has 2 rings (SSSR count). The summed E-state index contributed by atoms with van der Waals surface area (Å²) in [5.41, 5.74) is 0.531. The summed E-state index contributed by atoms with van der Waals surface area (Å²) in [6, 6.07) is 8.54. The van der Waals surface area contributed by atoms with Crippen LogP contribution < -0.4 is 5.32 Å². The monoisotopic (exact) mass is 303 g/mol. The molecule has 0 radical (unpaired) electrons. The largest absolute Gasteiger partial charge is 0.312 e. The summed E-state index contributed by atoms with van der Waals surface area (Å²) in [6.45, 7) is 0. The topological polar surface area (TPSA) is 12.0 Å². The smallest absolute Gasteiger partial charge is 0.127 e. The van der Waals surface area contributed by atoms with Crippen LogP contribution >= 0.6 is 34.5 Å². The molecule has 0 bridgehead atoms. The third kappa shape index (κ3) is 3.04. The van der Waals surface area contributed by atoms with Crippen LogP contribution in [0.2, 0.25) is 9.36 Å². The van der Waals surface area contributed by atoms with Crippen molar-refractivity contribution < 1.29 is 4.39 Å². The van der Waals surface area contributed by atoms with Gasteiger partial charge in [-0.3, -0.25) is 0 Å². The fourth-order valence-corrected chi connectivity index (χ4v) is 3.20. The highest BCUT2D eigenvalue weighted by Gasteiger charge is 2.16. The Labute approximate surface area is 120 Å². The standard InChI is InChI=1S/C13H12Cl2FNS/c1-17-11(12-5-6-13(15)18-12)7-8-9(14)3-2-4-10(8)16/h2-6,11,17H,7H2,1H3. The second kappa shape index (κ2) is 6.02. The zero-order valence-electron chi connectivity index (χ0n) is 9.71. The molecule has 1 N–H and O–H groups in total. The second-order valence-electron chi connectivity index (χ2n) is 3.89. The average molecular weight is 304 g/mol. The van der Waals surface area contributed by atoms with E-state index in [1.807, 2.05) is 19.2 Å². The first-order valence-corrected chi connectivity index (χ1v) is 7.04. The van der Waals surface area contributed by atoms with Crippen LogP contribution in [0.5, 0.6) is 0 Å². The highest BCUT2D eigenvalue weighted by atomic mass is 35.5. The van der Waals surface area contributed by atoms with E-state index in [9.17, 15) is 4.39 Å². The molecular weight excluding hydrogens is 292 g/mol. The van der Waals surface area contributed by atoms with Gasteiger partial charge >= 0.3 is 0 Å². The van der Waals surface area contributed by atoms with E-state index in [0.717, 1.165) is 9.21 Å². The number of benzene rings is 1. The lowest BCUT2D eigenvalue weighted by Crippen LogP contribution is -2.18. The number of rotatable bonds is 4. The molecule has 18 heavy (non-hydrogen) atoms. The van der Waals surface area contributed by atoms with E-state index < -0.39 is 0 Å². The van der Waals surface area contributed by atoms with Gasteiger partial charge in [0.2, 0.25) is 0 Å². The van der Waals surface area contributed by atoms with Crippen LogP contribution in [0.4, 0.5) is 4.39 Å². The van der Waals surface area contributed by atoms with Gasteiger partial charge in [0.1, 0.15) is 5.82 Å². The molecule has 0 spiro atoms. The zero-order valence-corrected chi connectivity index (χ0v) is 12.0. The van der Waals surface area contributed by atoms with Crippen LogP contribution in [-0.4, -0.2) is 7.05 Å². The molecule has 0 amide bonds. The summed E-state index contributed by atoms with van der Waals surface area (Å²) in [6.07, 6.45) is 0.499. The van der Waals surface area contributed by atoms with Gasteiger partial charge in [0.25, 0.3) is 0 Å². The third-order valence-corrected chi connectivity index (χ3v) is 4.45. The Morgan fingerprint density at radius 3 is 2.61 bits per heavy atom. The SMILES string of the molecule is CNC(Cc1c(F)cccc1Cl)c1ccc(Cl)s1. The molecule has 96 valence electrons. The van der Waals surface area contributed by atoms with E-state index in [-0.39, 0.29) is 11.9 Å². The summed E-state index contributed by atoms with van der Waals surface area (Å²) in [4.78, 5) is 1.07. The summed E-state index contributed by atoms with van der Waals surface area (Å²) in [5.74, 6) is -0.273. The fraction of sp³-hybridized carbons (Fsp3) is 0.231. The minimum absolute atomic E-state index is 0.0110. The minimum Gasteiger partial charge on any atom is -0.312 e. The molecule has 1 aromatic carbocycles. The number of thiophene rings is 1. The molecule has 0 fully saturated rings. The third-order valence-electron chi connectivity index (χ3n) is 2.76. The van der Waals surface area contributed by atoms with Crippen molar-refractivity contribution in [3.8, 4) is 0 Å². The fourth-order valence-electron chi connectivity index (χ4n) is 1.79. The first-order valence-electron chi connectivity index (χ1n) is 5.47. The summed E-state index contributed by atoms with van der Waals surface area (Å²) < 4.78 is 14.5. The van der Waals surface area contributed by atoms with Gasteiger partial charge in [-0.2, -0.15) is 0 Å². The average Bonchev–Trinajstić information content (AvgIpc) is 2.76. The first-order chi connectivity index (χ1) is 8.61. The highest BCUT2D eigenvalue weighted by molar-refractivity contribution is 7.16. The molecule has 1 aromatic heterocycles. The molecule has 5 heteroatoms. The van der Waals surface area contributed by atoms with E-state index >= 15 is 0 Å². The Hall–Kier alpha value is -0.610. The first kappa shape index (κ1) is 13.8. The Balaban J connectivity index is 2.26. The Bertz CT molecular complexity index is 521. The van der Waals surface area contributed by atoms with Crippen molar-refractivity contribution in [1.82, 2.24) is 5.32 Å². The van der Waals surface area contributed by atoms with Gasteiger partial charge in [-0.15, -0.1) is 11.3 Å². The van der Waals surface area contributed by atoms with Gasteiger partial charge in [-0.05, 0) is 37.7 Å². The lowest BCUT2D eigenvalue weighted by molar-refractivity contribution is 0.560. The lowest BCUT2D eigenvalue weighted by atomic mass is 10.0. The molecular formula is C13H12Cl2FNS.